The van der Waals surface area contributed by atoms with Crippen LogP contribution in [0.3, 0.4) is 0 Å². The van der Waals surface area contributed by atoms with Gasteiger partial charge in [-0.15, -0.1) is 11.3 Å². The average Bonchev–Trinajstić information content (AvgIpc) is 3.33. The number of amides is 2. The van der Waals surface area contributed by atoms with Gasteiger partial charge in [-0.05, 0) is 18.2 Å². The van der Waals surface area contributed by atoms with Gasteiger partial charge in [0.1, 0.15) is 24.0 Å². The van der Waals surface area contributed by atoms with Crippen LogP contribution >= 0.6 is 11.3 Å². The Hall–Kier alpha value is -3.25. The van der Waals surface area contributed by atoms with Crippen molar-refractivity contribution >= 4 is 46.2 Å². The fraction of sp³-hybridized carbons (Fsp3) is 0.294. The fourth-order valence-corrected chi connectivity index (χ4v) is 3.56. The second kappa shape index (κ2) is 7.64. The molecule has 1 atom stereocenters. The van der Waals surface area contributed by atoms with E-state index in [1.807, 2.05) is 0 Å². The van der Waals surface area contributed by atoms with Crippen LogP contribution in [-0.4, -0.2) is 65.8 Å². The molecule has 3 N–H and O–H groups in total. The number of hydrogen-bond donors (Lipinski definition) is 2. The number of thiazole rings is 1. The Morgan fingerprint density at radius 1 is 1.41 bits per heavy atom. The first kappa shape index (κ1) is 19.1. The third-order valence-corrected chi connectivity index (χ3v) is 5.16. The van der Waals surface area contributed by atoms with Crippen LogP contribution < -0.4 is 15.5 Å². The number of nitrogens with two attached hydrogens (primary N) is 1. The first-order chi connectivity index (χ1) is 14.0. The van der Waals surface area contributed by atoms with Crippen molar-refractivity contribution in [2.45, 2.75) is 6.10 Å². The van der Waals surface area contributed by atoms with Crippen LogP contribution in [0.25, 0.3) is 0 Å². The van der Waals surface area contributed by atoms with Crippen molar-refractivity contribution in [2.24, 2.45) is 5.10 Å². The molecule has 2 aliphatic rings. The predicted molar refractivity (Wildman–Crippen MR) is 105 cm³/mol. The van der Waals surface area contributed by atoms with E-state index in [1.54, 1.807) is 16.3 Å². The largest absolute Gasteiger partial charge is 0.441 e. The van der Waals surface area contributed by atoms with E-state index >= 15 is 0 Å². The van der Waals surface area contributed by atoms with Gasteiger partial charge in [-0.3, -0.25) is 9.69 Å². The van der Waals surface area contributed by atoms with Crippen molar-refractivity contribution in [1.29, 1.82) is 0 Å². The highest BCUT2D eigenvalue weighted by Gasteiger charge is 2.32. The number of aliphatic hydroxyl groups is 1. The van der Waals surface area contributed by atoms with Crippen molar-refractivity contribution in [1.82, 2.24) is 9.99 Å². The van der Waals surface area contributed by atoms with E-state index < -0.39 is 18.0 Å². The normalized spacial score (nSPS) is 19.0. The number of cyclic esters (lactones) is 1. The minimum atomic E-state index is -0.632. The quantitative estimate of drug-likeness (QED) is 0.758. The highest BCUT2D eigenvalue weighted by molar-refractivity contribution is 7.13. The molecule has 1 saturated heterocycles. The average molecular weight is 420 g/mol. The Morgan fingerprint density at radius 2 is 2.24 bits per heavy atom. The zero-order valence-corrected chi connectivity index (χ0v) is 15.9. The van der Waals surface area contributed by atoms with Crippen molar-refractivity contribution < 1.29 is 23.8 Å². The zero-order chi connectivity index (χ0) is 20.5. The lowest BCUT2D eigenvalue weighted by Gasteiger charge is -2.28. The van der Waals surface area contributed by atoms with E-state index in [4.69, 9.17) is 15.6 Å². The number of hydrazone groups is 1. The molecule has 152 valence electrons. The maximum atomic E-state index is 14.7. The summed E-state index contributed by atoms with van der Waals surface area (Å²) in [6, 6.07) is 4.33. The summed E-state index contributed by atoms with van der Waals surface area (Å²) in [4.78, 5) is 31.0. The first-order valence-electron chi connectivity index (χ1n) is 8.68. The van der Waals surface area contributed by atoms with Gasteiger partial charge in [0.15, 0.2) is 5.13 Å². The van der Waals surface area contributed by atoms with Gasteiger partial charge in [0.25, 0.3) is 5.91 Å². The maximum Gasteiger partial charge on any atom is 0.414 e. The molecule has 2 aliphatic heterocycles. The SMILES string of the molecule is Nc1nc(C(=O)N2CCN(c3ccc(N4C[C@H](CO)OC4=O)cc3F)C=N2)cs1. The number of nitrogen functional groups attached to an aromatic ring is 1. The van der Waals surface area contributed by atoms with Crippen molar-refractivity contribution in [3.05, 3.63) is 35.1 Å². The number of aliphatic hydroxyl groups excluding tert-OH is 1. The van der Waals surface area contributed by atoms with E-state index in [0.29, 0.717) is 17.4 Å². The zero-order valence-electron chi connectivity index (χ0n) is 15.1. The van der Waals surface area contributed by atoms with E-state index in [0.717, 1.165) is 0 Å². The summed E-state index contributed by atoms with van der Waals surface area (Å²) in [7, 11) is 0. The minimum absolute atomic E-state index is 0.150. The molecule has 2 amide bonds. The van der Waals surface area contributed by atoms with Crippen molar-refractivity contribution in [3.8, 4) is 0 Å². The number of anilines is 3. The second-order valence-corrected chi connectivity index (χ2v) is 7.25. The molecular weight excluding hydrogens is 403 g/mol. The molecule has 29 heavy (non-hydrogen) atoms. The Labute approximate surface area is 168 Å². The van der Waals surface area contributed by atoms with Crippen LogP contribution in [0.1, 0.15) is 10.5 Å². The van der Waals surface area contributed by atoms with Gasteiger partial charge >= 0.3 is 6.09 Å². The molecule has 1 fully saturated rings. The lowest BCUT2D eigenvalue weighted by Crippen LogP contribution is -2.41. The maximum absolute atomic E-state index is 14.7. The second-order valence-electron chi connectivity index (χ2n) is 6.36. The molecule has 2 aromatic rings. The Kier molecular flexibility index (Phi) is 5.03. The molecule has 4 rings (SSSR count). The third kappa shape index (κ3) is 3.71. The highest BCUT2D eigenvalue weighted by Crippen LogP contribution is 2.28. The number of nitrogens with zero attached hydrogens (tertiary/aromatic N) is 5. The fourth-order valence-electron chi connectivity index (χ4n) is 3.02. The van der Waals surface area contributed by atoms with E-state index in [2.05, 4.69) is 10.1 Å². The summed E-state index contributed by atoms with van der Waals surface area (Å²) < 4.78 is 19.7. The lowest BCUT2D eigenvalue weighted by atomic mass is 10.2. The third-order valence-electron chi connectivity index (χ3n) is 4.49. The van der Waals surface area contributed by atoms with Crippen LogP contribution in [0.5, 0.6) is 0 Å². The molecule has 0 saturated carbocycles. The summed E-state index contributed by atoms with van der Waals surface area (Å²) in [5, 5.41) is 16.3. The molecular formula is C17H17FN6O4S. The molecule has 0 aliphatic carbocycles. The number of carbonyl (C=O) groups is 2. The van der Waals surface area contributed by atoms with Gasteiger partial charge in [0.05, 0.1) is 31.1 Å². The predicted octanol–water partition coefficient (Wildman–Crippen LogP) is 1.09. The summed E-state index contributed by atoms with van der Waals surface area (Å²) >= 11 is 1.17. The molecule has 12 heteroatoms. The molecule has 1 aromatic carbocycles. The molecule has 0 unspecified atom stereocenters. The summed E-state index contributed by atoms with van der Waals surface area (Å²) in [5.41, 5.74) is 6.35. The number of benzene rings is 1. The Bertz CT molecular complexity index is 983. The molecule has 0 bridgehead atoms. The van der Waals surface area contributed by atoms with Gasteiger partial charge in [0, 0.05) is 11.9 Å². The molecule has 3 heterocycles. The Morgan fingerprint density at radius 3 is 2.83 bits per heavy atom. The summed E-state index contributed by atoms with van der Waals surface area (Å²) in [6.07, 6.45) is 0.102. The standard InChI is InChI=1S/C17H17FN6O4S/c18-12-5-10(23-6-11(7-25)28-17(23)27)1-2-14(12)22-3-4-24(20-9-22)15(26)13-8-29-16(19)21-13/h1-2,5,8-9,11,25H,3-4,6-7H2,(H2,19,21)/t11-/m1/s1. The lowest BCUT2D eigenvalue weighted by molar-refractivity contribution is 0.0755. The number of ether oxygens (including phenoxy) is 1. The highest BCUT2D eigenvalue weighted by atomic mass is 32.1. The van der Waals surface area contributed by atoms with Crippen LogP contribution in [0.15, 0.2) is 28.7 Å². The molecule has 0 spiro atoms. The van der Waals surface area contributed by atoms with Crippen molar-refractivity contribution in [3.63, 3.8) is 0 Å². The summed E-state index contributed by atoms with van der Waals surface area (Å²) in [6.45, 7) is 0.418. The van der Waals surface area contributed by atoms with E-state index in [-0.39, 0.29) is 37.0 Å². The van der Waals surface area contributed by atoms with E-state index in [9.17, 15) is 14.0 Å². The minimum Gasteiger partial charge on any atom is -0.441 e. The van der Waals surface area contributed by atoms with Crippen LogP contribution in [0, 0.1) is 5.82 Å². The monoisotopic (exact) mass is 420 g/mol. The first-order valence-corrected chi connectivity index (χ1v) is 9.56. The van der Waals surface area contributed by atoms with Gasteiger partial charge in [-0.1, -0.05) is 0 Å². The van der Waals surface area contributed by atoms with Crippen LogP contribution in [-0.2, 0) is 4.74 Å². The number of carbonyl (C=O) groups excluding carboxylic acids is 2. The van der Waals surface area contributed by atoms with E-state index in [1.165, 1.54) is 39.7 Å². The molecule has 0 radical (unpaired) electrons. The molecule has 1 aromatic heterocycles. The van der Waals surface area contributed by atoms with Gasteiger partial charge < -0.3 is 20.5 Å². The number of halogens is 1. The van der Waals surface area contributed by atoms with Gasteiger partial charge in [-0.25, -0.2) is 19.2 Å². The number of aromatic nitrogens is 1. The summed E-state index contributed by atoms with van der Waals surface area (Å²) in [5.74, 6) is -0.933. The van der Waals surface area contributed by atoms with Gasteiger partial charge in [-0.2, -0.15) is 5.10 Å². The number of hydrogen-bond acceptors (Lipinski definition) is 9. The van der Waals surface area contributed by atoms with Crippen molar-refractivity contribution in [2.75, 3.05) is 41.8 Å². The Balaban J connectivity index is 1.47. The smallest absolute Gasteiger partial charge is 0.414 e. The topological polar surface area (TPSA) is 125 Å². The number of rotatable bonds is 4. The molecule has 10 nitrogen and oxygen atoms in total. The van der Waals surface area contributed by atoms with Crippen LogP contribution in [0.4, 0.5) is 25.7 Å². The van der Waals surface area contributed by atoms with Crippen LogP contribution in [0.2, 0.25) is 0 Å². The van der Waals surface area contributed by atoms with Gasteiger partial charge in [0.2, 0.25) is 0 Å².